The Bertz CT molecular complexity index is 423. The average Bonchev–Trinajstić information content (AvgIpc) is 2.88. The fraction of sp³-hybridized carbons (Fsp3) is 0.824. The Balaban J connectivity index is 2.04. The van der Waals surface area contributed by atoms with Crippen LogP contribution in [0.2, 0.25) is 0 Å². The summed E-state index contributed by atoms with van der Waals surface area (Å²) < 4.78 is 9.87. The third kappa shape index (κ3) is 5.03. The fourth-order valence-corrected chi connectivity index (χ4v) is 3.49. The lowest BCUT2D eigenvalue weighted by Crippen LogP contribution is -2.51. The van der Waals surface area contributed by atoms with Gasteiger partial charge in [0.15, 0.2) is 0 Å². The summed E-state index contributed by atoms with van der Waals surface area (Å²) in [6.07, 6.45) is 7.46. The summed E-state index contributed by atoms with van der Waals surface area (Å²) in [4.78, 5) is 36.6. The maximum atomic E-state index is 12.6. The number of methoxy groups -OCH3 is 1. The van der Waals surface area contributed by atoms with Crippen LogP contribution in [0.5, 0.6) is 0 Å². The molecule has 1 unspecified atom stereocenters. The van der Waals surface area contributed by atoms with Gasteiger partial charge in [-0.2, -0.15) is 0 Å². The van der Waals surface area contributed by atoms with Crippen molar-refractivity contribution in [1.82, 2.24) is 5.32 Å². The van der Waals surface area contributed by atoms with Crippen LogP contribution in [0.1, 0.15) is 51.4 Å². The predicted molar refractivity (Wildman–Crippen MR) is 83.7 cm³/mol. The molecule has 0 aromatic heterocycles. The van der Waals surface area contributed by atoms with E-state index < -0.39 is 17.8 Å². The van der Waals surface area contributed by atoms with E-state index in [1.165, 1.54) is 7.11 Å². The monoisotopic (exact) mass is 325 g/mol. The number of ether oxygens (including phenoxy) is 2. The number of nitrogens with one attached hydrogen (secondary N) is 1. The first-order valence-corrected chi connectivity index (χ1v) is 8.63. The highest BCUT2D eigenvalue weighted by atomic mass is 16.5. The molecule has 1 heterocycles. The average molecular weight is 325 g/mol. The normalized spacial score (nSPS) is 22.0. The number of amides is 1. The molecule has 0 aromatic carbocycles. The zero-order valence-corrected chi connectivity index (χ0v) is 13.8. The molecule has 1 amide bonds. The molecule has 1 saturated carbocycles. The van der Waals surface area contributed by atoms with E-state index in [2.05, 4.69) is 10.1 Å². The Morgan fingerprint density at radius 1 is 1.00 bits per heavy atom. The largest absolute Gasteiger partial charge is 0.463 e. The first-order chi connectivity index (χ1) is 11.1. The van der Waals surface area contributed by atoms with Gasteiger partial charge in [-0.25, -0.2) is 4.79 Å². The zero-order chi connectivity index (χ0) is 16.7. The second-order valence-corrected chi connectivity index (χ2v) is 6.48. The SMILES string of the molecule is COC(=O)C(=O)C(NC(=O)C1CCCCCC1)C1CCOCC1. The minimum absolute atomic E-state index is 0.0507. The molecule has 23 heavy (non-hydrogen) atoms. The molecule has 0 spiro atoms. The van der Waals surface area contributed by atoms with Gasteiger partial charge in [-0.05, 0) is 31.6 Å². The van der Waals surface area contributed by atoms with E-state index >= 15 is 0 Å². The standard InChI is InChI=1S/C17H27NO5/c1-22-17(21)15(19)14(12-8-10-23-11-9-12)18-16(20)13-6-4-2-3-5-7-13/h12-14H,2-11H2,1H3,(H,18,20). The molecule has 130 valence electrons. The maximum Gasteiger partial charge on any atom is 0.376 e. The minimum Gasteiger partial charge on any atom is -0.463 e. The summed E-state index contributed by atoms with van der Waals surface area (Å²) in [5, 5.41) is 2.85. The quantitative estimate of drug-likeness (QED) is 0.472. The molecule has 1 atom stereocenters. The zero-order valence-electron chi connectivity index (χ0n) is 13.8. The second-order valence-electron chi connectivity index (χ2n) is 6.48. The molecule has 2 rings (SSSR count). The molecule has 1 aliphatic carbocycles. The topological polar surface area (TPSA) is 81.7 Å². The van der Waals surface area contributed by atoms with E-state index in [-0.39, 0.29) is 17.7 Å². The lowest BCUT2D eigenvalue weighted by Gasteiger charge is -2.30. The van der Waals surface area contributed by atoms with Crippen LogP contribution in [0.25, 0.3) is 0 Å². The highest BCUT2D eigenvalue weighted by Gasteiger charge is 2.36. The van der Waals surface area contributed by atoms with Gasteiger partial charge in [-0.3, -0.25) is 9.59 Å². The Morgan fingerprint density at radius 2 is 1.61 bits per heavy atom. The van der Waals surface area contributed by atoms with E-state index in [9.17, 15) is 14.4 Å². The molecule has 0 radical (unpaired) electrons. The molecule has 6 heteroatoms. The highest BCUT2D eigenvalue weighted by molar-refractivity contribution is 6.36. The molecule has 2 fully saturated rings. The number of carbonyl (C=O) groups is 3. The maximum absolute atomic E-state index is 12.6. The summed E-state index contributed by atoms with van der Waals surface area (Å²) in [7, 11) is 1.19. The van der Waals surface area contributed by atoms with Gasteiger partial charge in [-0.15, -0.1) is 0 Å². The highest BCUT2D eigenvalue weighted by Crippen LogP contribution is 2.25. The van der Waals surface area contributed by atoms with E-state index in [4.69, 9.17) is 4.74 Å². The number of carbonyl (C=O) groups excluding carboxylic acids is 3. The van der Waals surface area contributed by atoms with Crippen molar-refractivity contribution in [2.45, 2.75) is 57.4 Å². The smallest absolute Gasteiger partial charge is 0.376 e. The third-order valence-corrected chi connectivity index (χ3v) is 4.93. The van der Waals surface area contributed by atoms with E-state index in [1.807, 2.05) is 0 Å². The van der Waals surface area contributed by atoms with Crippen molar-refractivity contribution < 1.29 is 23.9 Å². The Labute approximate surface area is 137 Å². The van der Waals surface area contributed by atoms with Crippen LogP contribution in [-0.4, -0.2) is 44.0 Å². The summed E-state index contributed by atoms with van der Waals surface area (Å²) in [6, 6.07) is -0.790. The van der Waals surface area contributed by atoms with Crippen LogP contribution in [0, 0.1) is 11.8 Å². The number of Topliss-reactive ketones (excluding diaryl/α,β-unsaturated/α-hetero) is 1. The van der Waals surface area contributed by atoms with E-state index in [1.54, 1.807) is 0 Å². The van der Waals surface area contributed by atoms with Gasteiger partial charge < -0.3 is 14.8 Å². The number of hydrogen-bond acceptors (Lipinski definition) is 5. The lowest BCUT2D eigenvalue weighted by molar-refractivity contribution is -0.154. The predicted octanol–water partition coefficient (Wildman–Crippen LogP) is 1.61. The van der Waals surface area contributed by atoms with E-state index in [0.29, 0.717) is 26.1 Å². The Kier molecular flexibility index (Phi) is 7.02. The lowest BCUT2D eigenvalue weighted by atomic mass is 9.88. The molecule has 0 bridgehead atoms. The number of esters is 1. The van der Waals surface area contributed by atoms with Crippen LogP contribution < -0.4 is 5.32 Å². The third-order valence-electron chi connectivity index (χ3n) is 4.93. The Hall–Kier alpha value is -1.43. The molecule has 1 N–H and O–H groups in total. The minimum atomic E-state index is -0.886. The van der Waals surface area contributed by atoms with Gasteiger partial charge in [0.25, 0.3) is 5.78 Å². The number of rotatable bonds is 5. The molecule has 0 aromatic rings. The van der Waals surface area contributed by atoms with Gasteiger partial charge >= 0.3 is 5.97 Å². The van der Waals surface area contributed by atoms with Gasteiger partial charge in [0.2, 0.25) is 5.91 Å². The van der Waals surface area contributed by atoms with Crippen LogP contribution >= 0.6 is 0 Å². The van der Waals surface area contributed by atoms with Crippen LogP contribution in [0.4, 0.5) is 0 Å². The van der Waals surface area contributed by atoms with Crippen LogP contribution in [0.15, 0.2) is 0 Å². The van der Waals surface area contributed by atoms with Gasteiger partial charge in [-0.1, -0.05) is 25.7 Å². The summed E-state index contributed by atoms with van der Waals surface area (Å²) in [5.74, 6) is -1.75. The van der Waals surface area contributed by atoms with Gasteiger partial charge in [0, 0.05) is 19.1 Å². The number of hydrogen-bond donors (Lipinski definition) is 1. The first kappa shape index (κ1) is 17.9. The fourth-order valence-electron chi connectivity index (χ4n) is 3.49. The molecule has 1 saturated heterocycles. The summed E-state index contributed by atoms with van der Waals surface area (Å²) in [5.41, 5.74) is 0. The summed E-state index contributed by atoms with van der Waals surface area (Å²) >= 11 is 0. The van der Waals surface area contributed by atoms with Crippen molar-refractivity contribution >= 4 is 17.7 Å². The number of ketones is 1. The molecule has 6 nitrogen and oxygen atoms in total. The second kappa shape index (κ2) is 9.01. The molecular weight excluding hydrogens is 298 g/mol. The van der Waals surface area contributed by atoms with Gasteiger partial charge in [0.05, 0.1) is 7.11 Å². The van der Waals surface area contributed by atoms with Crippen molar-refractivity contribution in [3.8, 4) is 0 Å². The van der Waals surface area contributed by atoms with Crippen molar-refractivity contribution in [3.05, 3.63) is 0 Å². The van der Waals surface area contributed by atoms with Crippen LogP contribution in [0.3, 0.4) is 0 Å². The van der Waals surface area contributed by atoms with Crippen molar-refractivity contribution in [3.63, 3.8) is 0 Å². The molecule has 2 aliphatic rings. The summed E-state index contributed by atoms with van der Waals surface area (Å²) in [6.45, 7) is 1.10. The van der Waals surface area contributed by atoms with Gasteiger partial charge in [0.1, 0.15) is 6.04 Å². The van der Waals surface area contributed by atoms with Crippen molar-refractivity contribution in [2.75, 3.05) is 20.3 Å². The van der Waals surface area contributed by atoms with Crippen LogP contribution in [-0.2, 0) is 23.9 Å². The van der Waals surface area contributed by atoms with E-state index in [0.717, 1.165) is 38.5 Å². The van der Waals surface area contributed by atoms with Crippen molar-refractivity contribution in [1.29, 1.82) is 0 Å². The first-order valence-electron chi connectivity index (χ1n) is 8.63. The molecule has 1 aliphatic heterocycles. The Morgan fingerprint density at radius 3 is 2.17 bits per heavy atom. The van der Waals surface area contributed by atoms with Crippen molar-refractivity contribution in [2.24, 2.45) is 11.8 Å². The molecular formula is C17H27NO5.